The zero-order valence-electron chi connectivity index (χ0n) is 20.0. The number of hydrogen-bond donors (Lipinski definition) is 3. The number of fused-ring (bicyclic) bond motifs is 1. The Balaban J connectivity index is 1.46. The first-order valence-electron chi connectivity index (χ1n) is 12.1. The number of aromatic amines is 1. The quantitative estimate of drug-likeness (QED) is 0.184. The number of benzene rings is 4. The van der Waals surface area contributed by atoms with E-state index in [4.69, 9.17) is 0 Å². The number of amides is 2. The molecule has 1 heterocycles. The number of anilines is 1. The Kier molecular flexibility index (Phi) is 7.65. The SMILES string of the molecule is O=C(Nc1ccc(I)cc1)C(Cc1c[nH]c2ccccc12)NC(=O)C(c1ccccc1)c1ccccc1. The van der Waals surface area contributed by atoms with Crippen LogP contribution in [0.4, 0.5) is 5.69 Å². The Hall–Kier alpha value is -3.91. The van der Waals surface area contributed by atoms with Crippen LogP contribution >= 0.6 is 22.6 Å². The molecule has 0 aliphatic rings. The highest BCUT2D eigenvalue weighted by Gasteiger charge is 2.28. The lowest BCUT2D eigenvalue weighted by atomic mass is 9.90. The summed E-state index contributed by atoms with van der Waals surface area (Å²) in [5, 5.41) is 7.10. The third-order valence-electron chi connectivity index (χ3n) is 6.37. The van der Waals surface area contributed by atoms with Crippen molar-refractivity contribution in [3.05, 3.63) is 136 Å². The van der Waals surface area contributed by atoms with Gasteiger partial charge in [-0.2, -0.15) is 0 Å². The molecule has 37 heavy (non-hydrogen) atoms. The number of carbonyl (C=O) groups excluding carboxylic acids is 2. The van der Waals surface area contributed by atoms with Crippen LogP contribution in [-0.2, 0) is 16.0 Å². The standard InChI is InChI=1S/C31H26IN3O2/c32-24-15-17-25(18-16-24)34-30(36)28(19-23-20-33-27-14-8-7-13-26(23)27)35-31(37)29(21-9-3-1-4-10-21)22-11-5-2-6-12-22/h1-18,20,28-29,33H,19H2,(H,34,36)(H,35,37). The van der Waals surface area contributed by atoms with Gasteiger partial charge in [0.1, 0.15) is 6.04 Å². The molecule has 4 aromatic carbocycles. The van der Waals surface area contributed by atoms with E-state index < -0.39 is 12.0 Å². The van der Waals surface area contributed by atoms with Crippen molar-refractivity contribution in [3.63, 3.8) is 0 Å². The maximum absolute atomic E-state index is 13.8. The van der Waals surface area contributed by atoms with Crippen LogP contribution < -0.4 is 10.6 Å². The molecule has 0 radical (unpaired) electrons. The number of carbonyl (C=O) groups is 2. The molecule has 5 rings (SSSR count). The highest BCUT2D eigenvalue weighted by molar-refractivity contribution is 14.1. The summed E-state index contributed by atoms with van der Waals surface area (Å²) < 4.78 is 1.08. The van der Waals surface area contributed by atoms with Gasteiger partial charge in [0.25, 0.3) is 0 Å². The zero-order valence-corrected chi connectivity index (χ0v) is 22.2. The number of aromatic nitrogens is 1. The Morgan fingerprint density at radius 1 is 0.730 bits per heavy atom. The van der Waals surface area contributed by atoms with E-state index in [9.17, 15) is 9.59 Å². The second-order valence-corrected chi connectivity index (χ2v) is 10.1. The van der Waals surface area contributed by atoms with Gasteiger partial charge in [-0.3, -0.25) is 9.59 Å². The van der Waals surface area contributed by atoms with Gasteiger partial charge in [-0.15, -0.1) is 0 Å². The summed E-state index contributed by atoms with van der Waals surface area (Å²) in [4.78, 5) is 30.7. The molecule has 0 saturated heterocycles. The first kappa shape index (κ1) is 24.8. The van der Waals surface area contributed by atoms with Gasteiger partial charge >= 0.3 is 0 Å². The van der Waals surface area contributed by atoms with E-state index in [0.717, 1.165) is 31.2 Å². The first-order valence-corrected chi connectivity index (χ1v) is 13.2. The highest BCUT2D eigenvalue weighted by atomic mass is 127. The number of nitrogens with one attached hydrogen (secondary N) is 3. The summed E-state index contributed by atoms with van der Waals surface area (Å²) in [5.74, 6) is -1.03. The van der Waals surface area contributed by atoms with Crippen molar-refractivity contribution >= 4 is 51.0 Å². The van der Waals surface area contributed by atoms with Crippen LogP contribution in [-0.4, -0.2) is 22.8 Å². The Labute approximate surface area is 229 Å². The molecular formula is C31H26IN3O2. The number of para-hydroxylation sites is 1. The number of rotatable bonds is 8. The lowest BCUT2D eigenvalue weighted by molar-refractivity contribution is -0.126. The predicted molar refractivity (Wildman–Crippen MR) is 156 cm³/mol. The summed E-state index contributed by atoms with van der Waals surface area (Å²) in [6.07, 6.45) is 2.26. The summed E-state index contributed by atoms with van der Waals surface area (Å²) in [7, 11) is 0. The van der Waals surface area contributed by atoms with E-state index >= 15 is 0 Å². The van der Waals surface area contributed by atoms with Crippen LogP contribution in [0.5, 0.6) is 0 Å². The van der Waals surface area contributed by atoms with Crippen molar-refractivity contribution in [2.24, 2.45) is 0 Å². The average Bonchev–Trinajstić information content (AvgIpc) is 3.34. The second-order valence-electron chi connectivity index (χ2n) is 8.88. The lowest BCUT2D eigenvalue weighted by Gasteiger charge is -2.23. The molecule has 0 aliphatic carbocycles. The molecule has 0 bridgehead atoms. The minimum atomic E-state index is -0.777. The molecule has 0 saturated carbocycles. The van der Waals surface area contributed by atoms with Crippen molar-refractivity contribution < 1.29 is 9.59 Å². The second kappa shape index (κ2) is 11.4. The third kappa shape index (κ3) is 5.91. The molecule has 6 heteroatoms. The van der Waals surface area contributed by atoms with Gasteiger partial charge < -0.3 is 15.6 Å². The van der Waals surface area contributed by atoms with Crippen molar-refractivity contribution in [3.8, 4) is 0 Å². The maximum atomic E-state index is 13.8. The van der Waals surface area contributed by atoms with Crippen molar-refractivity contribution in [2.75, 3.05) is 5.32 Å². The summed E-state index contributed by atoms with van der Waals surface area (Å²) in [6.45, 7) is 0. The fourth-order valence-electron chi connectivity index (χ4n) is 4.53. The number of hydrogen-bond acceptors (Lipinski definition) is 2. The van der Waals surface area contributed by atoms with Gasteiger partial charge in [-0.1, -0.05) is 78.9 Å². The van der Waals surface area contributed by atoms with Gasteiger partial charge in [0.05, 0.1) is 5.92 Å². The molecule has 1 atom stereocenters. The van der Waals surface area contributed by atoms with Crippen LogP contribution in [0.3, 0.4) is 0 Å². The molecule has 1 unspecified atom stereocenters. The largest absolute Gasteiger partial charge is 0.361 e. The highest BCUT2D eigenvalue weighted by Crippen LogP contribution is 2.26. The van der Waals surface area contributed by atoms with Crippen molar-refractivity contribution in [1.29, 1.82) is 0 Å². The molecule has 0 spiro atoms. The van der Waals surface area contributed by atoms with Gasteiger partial charge in [0.2, 0.25) is 11.8 Å². The van der Waals surface area contributed by atoms with E-state index in [1.54, 1.807) is 0 Å². The predicted octanol–water partition coefficient (Wildman–Crippen LogP) is 6.27. The molecule has 3 N–H and O–H groups in total. The zero-order chi connectivity index (χ0) is 25.6. The Morgan fingerprint density at radius 2 is 1.32 bits per heavy atom. The summed E-state index contributed by atoms with van der Waals surface area (Å²) in [5.41, 5.74) is 4.39. The Bertz CT molecular complexity index is 1460. The topological polar surface area (TPSA) is 74.0 Å². The van der Waals surface area contributed by atoms with E-state index in [0.29, 0.717) is 12.1 Å². The van der Waals surface area contributed by atoms with Crippen LogP contribution in [0.2, 0.25) is 0 Å². The smallest absolute Gasteiger partial charge is 0.247 e. The molecule has 5 aromatic rings. The van der Waals surface area contributed by atoms with Crippen molar-refractivity contribution in [2.45, 2.75) is 18.4 Å². The number of halogens is 1. The minimum Gasteiger partial charge on any atom is -0.361 e. The van der Waals surface area contributed by atoms with Crippen molar-refractivity contribution in [1.82, 2.24) is 10.3 Å². The number of H-pyrrole nitrogens is 1. The fraction of sp³-hybridized carbons (Fsp3) is 0.0968. The summed E-state index contributed by atoms with van der Waals surface area (Å²) >= 11 is 2.23. The molecule has 5 nitrogen and oxygen atoms in total. The van der Waals surface area contributed by atoms with E-state index in [1.807, 2.05) is 115 Å². The third-order valence-corrected chi connectivity index (χ3v) is 7.09. The summed E-state index contributed by atoms with van der Waals surface area (Å²) in [6, 6.07) is 34.1. The average molecular weight is 599 g/mol. The molecule has 0 aliphatic heterocycles. The monoisotopic (exact) mass is 599 g/mol. The first-order chi connectivity index (χ1) is 18.1. The molecular weight excluding hydrogens is 573 g/mol. The normalized spacial score (nSPS) is 11.8. The molecule has 1 aromatic heterocycles. The van der Waals surface area contributed by atoms with Crippen LogP contribution in [0, 0.1) is 3.57 Å². The van der Waals surface area contributed by atoms with Gasteiger partial charge in [0.15, 0.2) is 0 Å². The fourth-order valence-corrected chi connectivity index (χ4v) is 4.89. The van der Waals surface area contributed by atoms with E-state index in [2.05, 4.69) is 38.2 Å². The Morgan fingerprint density at radius 3 is 1.97 bits per heavy atom. The molecule has 2 amide bonds. The van der Waals surface area contributed by atoms with E-state index in [-0.39, 0.29) is 11.8 Å². The van der Waals surface area contributed by atoms with Gasteiger partial charge in [0, 0.05) is 32.8 Å². The van der Waals surface area contributed by atoms with Crippen LogP contribution in [0.1, 0.15) is 22.6 Å². The van der Waals surface area contributed by atoms with Crippen LogP contribution in [0.15, 0.2) is 115 Å². The van der Waals surface area contributed by atoms with Crippen LogP contribution in [0.25, 0.3) is 10.9 Å². The molecule has 184 valence electrons. The minimum absolute atomic E-state index is 0.222. The van der Waals surface area contributed by atoms with Gasteiger partial charge in [-0.25, -0.2) is 0 Å². The molecule has 0 fully saturated rings. The maximum Gasteiger partial charge on any atom is 0.247 e. The lowest BCUT2D eigenvalue weighted by Crippen LogP contribution is -2.47. The van der Waals surface area contributed by atoms with Gasteiger partial charge in [-0.05, 0) is 69.6 Å². The van der Waals surface area contributed by atoms with E-state index in [1.165, 1.54) is 0 Å².